The SMILES string of the molecule is C=C(C)Oc1ccc(C(=O)C=Cc2cc(C(C)(C)C)c(OC(C)C)cc2OC(C)C)cc1. The van der Waals surface area contributed by atoms with Crippen molar-refractivity contribution < 1.29 is 19.0 Å². The second kappa shape index (κ2) is 10.5. The monoisotopic (exact) mass is 436 g/mol. The molecule has 0 radical (unpaired) electrons. The minimum Gasteiger partial charge on any atom is -0.491 e. The molecule has 2 rings (SSSR count). The van der Waals surface area contributed by atoms with Gasteiger partial charge in [-0.25, -0.2) is 0 Å². The predicted molar refractivity (Wildman–Crippen MR) is 132 cm³/mol. The number of ether oxygens (including phenoxy) is 3. The van der Waals surface area contributed by atoms with Crippen LogP contribution in [0, 0.1) is 0 Å². The zero-order valence-electron chi connectivity index (χ0n) is 20.6. The Labute approximate surface area is 192 Å². The Bertz CT molecular complexity index is 974. The molecular formula is C28H36O4. The number of hydrogen-bond donors (Lipinski definition) is 0. The average molecular weight is 437 g/mol. The van der Waals surface area contributed by atoms with E-state index >= 15 is 0 Å². The summed E-state index contributed by atoms with van der Waals surface area (Å²) >= 11 is 0. The molecule has 0 aliphatic carbocycles. The molecule has 0 spiro atoms. The van der Waals surface area contributed by atoms with E-state index in [1.807, 2.05) is 39.8 Å². The van der Waals surface area contributed by atoms with E-state index < -0.39 is 0 Å². The third-order valence-electron chi connectivity index (χ3n) is 4.49. The van der Waals surface area contributed by atoms with Gasteiger partial charge >= 0.3 is 0 Å². The molecule has 172 valence electrons. The van der Waals surface area contributed by atoms with Crippen LogP contribution in [0.2, 0.25) is 0 Å². The highest BCUT2D eigenvalue weighted by Gasteiger charge is 2.22. The Morgan fingerprint density at radius 3 is 2.00 bits per heavy atom. The molecule has 0 bridgehead atoms. The van der Waals surface area contributed by atoms with E-state index in [9.17, 15) is 4.79 Å². The Morgan fingerprint density at radius 1 is 0.938 bits per heavy atom. The molecule has 4 nitrogen and oxygen atoms in total. The average Bonchev–Trinajstić information content (AvgIpc) is 2.65. The van der Waals surface area contributed by atoms with Crippen molar-refractivity contribution in [2.75, 3.05) is 0 Å². The maximum atomic E-state index is 12.8. The second-order valence-electron chi connectivity index (χ2n) is 9.50. The zero-order valence-corrected chi connectivity index (χ0v) is 20.6. The van der Waals surface area contributed by atoms with Gasteiger partial charge in [-0.2, -0.15) is 0 Å². The third-order valence-corrected chi connectivity index (χ3v) is 4.49. The van der Waals surface area contributed by atoms with Crippen LogP contribution < -0.4 is 14.2 Å². The molecule has 0 saturated carbocycles. The third kappa shape index (κ3) is 7.30. The normalized spacial score (nSPS) is 11.8. The van der Waals surface area contributed by atoms with E-state index in [1.165, 1.54) is 0 Å². The molecule has 0 unspecified atom stereocenters. The van der Waals surface area contributed by atoms with Gasteiger partial charge in [0.15, 0.2) is 5.78 Å². The molecule has 4 heteroatoms. The molecule has 0 aromatic heterocycles. The Hall–Kier alpha value is -3.01. The number of carbonyl (C=O) groups is 1. The summed E-state index contributed by atoms with van der Waals surface area (Å²) < 4.78 is 17.6. The van der Waals surface area contributed by atoms with Crippen molar-refractivity contribution in [2.24, 2.45) is 0 Å². The lowest BCUT2D eigenvalue weighted by atomic mass is 9.85. The molecule has 32 heavy (non-hydrogen) atoms. The number of hydrogen-bond acceptors (Lipinski definition) is 4. The largest absolute Gasteiger partial charge is 0.491 e. The van der Waals surface area contributed by atoms with Gasteiger partial charge in [0.05, 0.1) is 18.0 Å². The number of allylic oxidation sites excluding steroid dienone is 2. The molecule has 0 aliphatic rings. The lowest BCUT2D eigenvalue weighted by Gasteiger charge is -2.26. The van der Waals surface area contributed by atoms with Crippen LogP contribution in [0.15, 0.2) is 54.8 Å². The van der Waals surface area contributed by atoms with Gasteiger partial charge in [-0.3, -0.25) is 4.79 Å². The summed E-state index contributed by atoms with van der Waals surface area (Å²) in [6.45, 7) is 19.9. The first-order valence-corrected chi connectivity index (χ1v) is 11.0. The standard InChI is InChI=1S/C28H36O4/c1-18(2)30-23-13-10-21(11-14-23)25(29)15-12-22-16-24(28(7,8)9)27(32-20(5)6)17-26(22)31-19(3)4/h10-17,19-20H,1H2,2-9H3. The fourth-order valence-corrected chi connectivity index (χ4v) is 3.15. The topological polar surface area (TPSA) is 44.8 Å². The summed E-state index contributed by atoms with van der Waals surface area (Å²) in [5.74, 6) is 2.65. The zero-order chi connectivity index (χ0) is 24.1. The summed E-state index contributed by atoms with van der Waals surface area (Å²) in [5.41, 5.74) is 2.36. The van der Waals surface area contributed by atoms with E-state index in [-0.39, 0.29) is 23.4 Å². The van der Waals surface area contributed by atoms with Gasteiger partial charge in [-0.15, -0.1) is 0 Å². The van der Waals surface area contributed by atoms with Crippen LogP contribution >= 0.6 is 0 Å². The van der Waals surface area contributed by atoms with Gasteiger partial charge in [0.1, 0.15) is 17.2 Å². The first kappa shape index (κ1) is 25.3. The predicted octanol–water partition coefficient (Wildman–Crippen LogP) is 7.37. The quantitative estimate of drug-likeness (QED) is 0.234. The van der Waals surface area contributed by atoms with E-state index in [4.69, 9.17) is 14.2 Å². The molecule has 0 fully saturated rings. The maximum absolute atomic E-state index is 12.8. The Morgan fingerprint density at radius 2 is 1.50 bits per heavy atom. The molecule has 0 saturated heterocycles. The van der Waals surface area contributed by atoms with Gasteiger partial charge in [0.2, 0.25) is 0 Å². The molecular weight excluding hydrogens is 400 g/mol. The van der Waals surface area contributed by atoms with Crippen LogP contribution in [0.5, 0.6) is 17.2 Å². The highest BCUT2D eigenvalue weighted by atomic mass is 16.5. The maximum Gasteiger partial charge on any atom is 0.185 e. The molecule has 2 aromatic rings. The highest BCUT2D eigenvalue weighted by Crippen LogP contribution is 2.38. The van der Waals surface area contributed by atoms with Crippen molar-refractivity contribution in [3.05, 3.63) is 71.5 Å². The Kier molecular flexibility index (Phi) is 8.31. The van der Waals surface area contributed by atoms with E-state index in [1.54, 1.807) is 37.3 Å². The molecule has 0 heterocycles. The van der Waals surface area contributed by atoms with Crippen molar-refractivity contribution >= 4 is 11.9 Å². The summed E-state index contributed by atoms with van der Waals surface area (Å²) in [5, 5.41) is 0. The minimum atomic E-state index is -0.133. The van der Waals surface area contributed by atoms with Crippen LogP contribution in [0.25, 0.3) is 6.08 Å². The van der Waals surface area contributed by atoms with Gasteiger partial charge in [-0.05, 0) is 82.5 Å². The number of rotatable bonds is 9. The van der Waals surface area contributed by atoms with E-state index in [0.29, 0.717) is 22.8 Å². The van der Waals surface area contributed by atoms with Crippen LogP contribution in [0.1, 0.15) is 76.9 Å². The molecule has 0 amide bonds. The van der Waals surface area contributed by atoms with Gasteiger partial charge in [0.25, 0.3) is 0 Å². The molecule has 0 atom stereocenters. The summed E-state index contributed by atoms with van der Waals surface area (Å²) in [6, 6.07) is 11.0. The summed E-state index contributed by atoms with van der Waals surface area (Å²) in [6.07, 6.45) is 3.42. The number of benzene rings is 2. The van der Waals surface area contributed by atoms with Crippen LogP contribution in [-0.2, 0) is 5.41 Å². The van der Waals surface area contributed by atoms with E-state index in [2.05, 4.69) is 33.4 Å². The lowest BCUT2D eigenvalue weighted by Crippen LogP contribution is -2.17. The van der Waals surface area contributed by atoms with Crippen molar-refractivity contribution in [2.45, 2.75) is 73.0 Å². The highest BCUT2D eigenvalue weighted by molar-refractivity contribution is 6.07. The summed E-state index contributed by atoms with van der Waals surface area (Å²) in [7, 11) is 0. The fraction of sp³-hybridized carbons (Fsp3) is 0.393. The lowest BCUT2D eigenvalue weighted by molar-refractivity contribution is 0.104. The Balaban J connectivity index is 2.42. The van der Waals surface area contributed by atoms with Crippen molar-refractivity contribution in [1.82, 2.24) is 0 Å². The smallest absolute Gasteiger partial charge is 0.185 e. The molecule has 0 N–H and O–H groups in total. The van der Waals surface area contributed by atoms with E-state index in [0.717, 1.165) is 16.9 Å². The summed E-state index contributed by atoms with van der Waals surface area (Å²) in [4.78, 5) is 12.8. The van der Waals surface area contributed by atoms with Crippen molar-refractivity contribution in [3.63, 3.8) is 0 Å². The first-order chi connectivity index (χ1) is 14.9. The van der Waals surface area contributed by atoms with Crippen LogP contribution in [0.3, 0.4) is 0 Å². The van der Waals surface area contributed by atoms with Crippen LogP contribution in [0.4, 0.5) is 0 Å². The molecule has 0 aliphatic heterocycles. The fourth-order valence-electron chi connectivity index (χ4n) is 3.15. The van der Waals surface area contributed by atoms with Crippen molar-refractivity contribution in [1.29, 1.82) is 0 Å². The van der Waals surface area contributed by atoms with Gasteiger partial charge < -0.3 is 14.2 Å². The number of carbonyl (C=O) groups excluding carboxylic acids is 1. The minimum absolute atomic E-state index is 0.00824. The van der Waals surface area contributed by atoms with Gasteiger partial charge in [0, 0.05) is 22.8 Å². The number of ketones is 1. The molecule has 2 aromatic carbocycles. The first-order valence-electron chi connectivity index (χ1n) is 11.0. The van der Waals surface area contributed by atoms with Crippen molar-refractivity contribution in [3.8, 4) is 17.2 Å². The van der Waals surface area contributed by atoms with Crippen LogP contribution in [-0.4, -0.2) is 18.0 Å². The second-order valence-corrected chi connectivity index (χ2v) is 9.50. The van der Waals surface area contributed by atoms with Gasteiger partial charge in [-0.1, -0.05) is 27.4 Å².